The highest BCUT2D eigenvalue weighted by Gasteiger charge is 2.18. The molecule has 3 nitrogen and oxygen atoms in total. The van der Waals surface area contributed by atoms with E-state index in [1.54, 1.807) is 12.1 Å². The lowest BCUT2D eigenvalue weighted by atomic mass is 9.98. The molecule has 5 heteroatoms. The van der Waals surface area contributed by atoms with E-state index in [9.17, 15) is 4.79 Å². The summed E-state index contributed by atoms with van der Waals surface area (Å²) in [5.74, 6) is 0.542. The standard InChI is InChI=1S/C16H22Cl2N2O/c1-11(7-13-4-5-14(17)8-15(13)18)16(21)20-10-12-3-2-6-19-9-12/h4-5,8,11-12,19H,2-3,6-7,9-10H2,1H3,(H,20,21). The molecule has 116 valence electrons. The first-order valence-electron chi connectivity index (χ1n) is 7.48. The SMILES string of the molecule is CC(Cc1ccc(Cl)cc1Cl)C(=O)NCC1CCCNC1. The summed E-state index contributed by atoms with van der Waals surface area (Å²) in [4.78, 5) is 12.2. The lowest BCUT2D eigenvalue weighted by Crippen LogP contribution is -2.40. The quantitative estimate of drug-likeness (QED) is 0.870. The minimum absolute atomic E-state index is 0.0894. The molecule has 1 saturated heterocycles. The highest BCUT2D eigenvalue weighted by atomic mass is 35.5. The summed E-state index contributed by atoms with van der Waals surface area (Å²) < 4.78 is 0. The molecule has 1 aliphatic heterocycles. The van der Waals surface area contributed by atoms with Crippen LogP contribution in [-0.4, -0.2) is 25.5 Å². The molecule has 1 amide bonds. The van der Waals surface area contributed by atoms with Gasteiger partial charge in [-0.1, -0.05) is 36.2 Å². The first kappa shape index (κ1) is 16.6. The zero-order valence-corrected chi connectivity index (χ0v) is 13.8. The van der Waals surface area contributed by atoms with E-state index in [0.29, 0.717) is 22.4 Å². The van der Waals surface area contributed by atoms with Crippen LogP contribution in [0.25, 0.3) is 0 Å². The molecule has 0 saturated carbocycles. The third-order valence-electron chi connectivity index (χ3n) is 3.95. The summed E-state index contributed by atoms with van der Waals surface area (Å²) in [5, 5.41) is 7.65. The molecular weight excluding hydrogens is 307 g/mol. The number of nitrogens with one attached hydrogen (secondary N) is 2. The summed E-state index contributed by atoms with van der Waals surface area (Å²) in [5.41, 5.74) is 0.961. The topological polar surface area (TPSA) is 41.1 Å². The van der Waals surface area contributed by atoms with Crippen molar-refractivity contribution < 1.29 is 4.79 Å². The zero-order chi connectivity index (χ0) is 15.2. The minimum Gasteiger partial charge on any atom is -0.356 e. The molecule has 0 aliphatic carbocycles. The first-order valence-corrected chi connectivity index (χ1v) is 8.24. The molecule has 2 atom stereocenters. The number of rotatable bonds is 5. The Bertz CT molecular complexity index is 487. The molecule has 1 aromatic carbocycles. The second-order valence-corrected chi connectivity index (χ2v) is 6.64. The second kappa shape index (κ2) is 8.02. The van der Waals surface area contributed by atoms with Crippen LogP contribution in [0.3, 0.4) is 0 Å². The number of carbonyl (C=O) groups is 1. The number of hydrogen-bond donors (Lipinski definition) is 2. The smallest absolute Gasteiger partial charge is 0.223 e. The van der Waals surface area contributed by atoms with E-state index in [1.807, 2.05) is 13.0 Å². The Balaban J connectivity index is 1.81. The molecule has 2 rings (SSSR count). The average Bonchev–Trinajstić information content (AvgIpc) is 2.48. The molecule has 0 aromatic heterocycles. The molecule has 0 spiro atoms. The van der Waals surface area contributed by atoms with Crippen molar-refractivity contribution in [3.8, 4) is 0 Å². The van der Waals surface area contributed by atoms with Gasteiger partial charge in [-0.2, -0.15) is 0 Å². The van der Waals surface area contributed by atoms with E-state index >= 15 is 0 Å². The van der Waals surface area contributed by atoms with Crippen LogP contribution >= 0.6 is 23.2 Å². The maximum absolute atomic E-state index is 12.2. The number of amides is 1. The average molecular weight is 329 g/mol. The van der Waals surface area contributed by atoms with Gasteiger partial charge in [0.1, 0.15) is 0 Å². The van der Waals surface area contributed by atoms with Gasteiger partial charge in [0.2, 0.25) is 5.91 Å². The highest BCUT2D eigenvalue weighted by Crippen LogP contribution is 2.23. The molecule has 1 aliphatic rings. The fourth-order valence-electron chi connectivity index (χ4n) is 2.63. The third-order valence-corrected chi connectivity index (χ3v) is 4.54. The van der Waals surface area contributed by atoms with E-state index < -0.39 is 0 Å². The Kier molecular flexibility index (Phi) is 6.34. The molecule has 0 radical (unpaired) electrons. The largest absolute Gasteiger partial charge is 0.356 e. The Morgan fingerprint density at radius 3 is 2.95 bits per heavy atom. The van der Waals surface area contributed by atoms with Crippen molar-refractivity contribution in [3.05, 3.63) is 33.8 Å². The van der Waals surface area contributed by atoms with Crippen molar-refractivity contribution in [2.45, 2.75) is 26.2 Å². The summed E-state index contributed by atoms with van der Waals surface area (Å²) in [6.07, 6.45) is 3.01. The molecule has 2 unspecified atom stereocenters. The van der Waals surface area contributed by atoms with Crippen LogP contribution in [0.1, 0.15) is 25.3 Å². The van der Waals surface area contributed by atoms with Gasteiger partial charge in [-0.25, -0.2) is 0 Å². The van der Waals surface area contributed by atoms with Crippen LogP contribution in [0.4, 0.5) is 0 Å². The lowest BCUT2D eigenvalue weighted by Gasteiger charge is -2.23. The van der Waals surface area contributed by atoms with E-state index in [-0.39, 0.29) is 11.8 Å². The van der Waals surface area contributed by atoms with E-state index in [4.69, 9.17) is 23.2 Å². The van der Waals surface area contributed by atoms with Crippen molar-refractivity contribution in [1.29, 1.82) is 0 Å². The monoisotopic (exact) mass is 328 g/mol. The number of hydrogen-bond acceptors (Lipinski definition) is 2. The van der Waals surface area contributed by atoms with Gasteiger partial charge < -0.3 is 10.6 Å². The van der Waals surface area contributed by atoms with Gasteiger partial charge >= 0.3 is 0 Å². The number of carbonyl (C=O) groups excluding carboxylic acids is 1. The van der Waals surface area contributed by atoms with Gasteiger partial charge in [-0.3, -0.25) is 4.79 Å². The molecule has 2 N–H and O–H groups in total. The normalized spacial score (nSPS) is 20.0. The predicted molar refractivity (Wildman–Crippen MR) is 87.9 cm³/mol. The second-order valence-electron chi connectivity index (χ2n) is 5.80. The van der Waals surface area contributed by atoms with Gasteiger partial charge in [-0.15, -0.1) is 0 Å². The highest BCUT2D eigenvalue weighted by molar-refractivity contribution is 6.35. The maximum Gasteiger partial charge on any atom is 0.223 e. The van der Waals surface area contributed by atoms with Gasteiger partial charge in [0.15, 0.2) is 0 Å². The Morgan fingerprint density at radius 1 is 1.48 bits per heavy atom. The first-order chi connectivity index (χ1) is 10.1. The van der Waals surface area contributed by atoms with Crippen molar-refractivity contribution in [3.63, 3.8) is 0 Å². The van der Waals surface area contributed by atoms with E-state index in [1.165, 1.54) is 12.8 Å². The number of benzene rings is 1. The lowest BCUT2D eigenvalue weighted by molar-refractivity contribution is -0.124. The van der Waals surface area contributed by atoms with Crippen LogP contribution in [0.15, 0.2) is 18.2 Å². The molecule has 1 aromatic rings. The van der Waals surface area contributed by atoms with Crippen LogP contribution in [0, 0.1) is 11.8 Å². The van der Waals surface area contributed by atoms with Crippen LogP contribution in [0.2, 0.25) is 10.0 Å². The molecule has 0 bridgehead atoms. The predicted octanol–water partition coefficient (Wildman–Crippen LogP) is 3.29. The van der Waals surface area contributed by atoms with Crippen LogP contribution in [-0.2, 0) is 11.2 Å². The Labute approximate surface area is 136 Å². The van der Waals surface area contributed by atoms with Gasteiger partial charge in [-0.05, 0) is 56.0 Å². The van der Waals surface area contributed by atoms with Crippen molar-refractivity contribution in [2.75, 3.05) is 19.6 Å². The van der Waals surface area contributed by atoms with Gasteiger partial charge in [0.05, 0.1) is 0 Å². The summed E-state index contributed by atoms with van der Waals surface area (Å²) in [7, 11) is 0. The fourth-order valence-corrected chi connectivity index (χ4v) is 3.11. The number of halogens is 2. The summed E-state index contributed by atoms with van der Waals surface area (Å²) in [6.45, 7) is 4.78. The molecular formula is C16H22Cl2N2O. The zero-order valence-electron chi connectivity index (χ0n) is 12.3. The fraction of sp³-hybridized carbons (Fsp3) is 0.562. The van der Waals surface area contributed by atoms with Gasteiger partial charge in [0.25, 0.3) is 0 Å². The summed E-state index contributed by atoms with van der Waals surface area (Å²) in [6, 6.07) is 5.41. The molecule has 1 fully saturated rings. The summed E-state index contributed by atoms with van der Waals surface area (Å²) >= 11 is 12.0. The third kappa shape index (κ3) is 5.17. The Morgan fingerprint density at radius 2 is 2.29 bits per heavy atom. The Hall–Kier alpha value is -0.770. The van der Waals surface area contributed by atoms with Crippen molar-refractivity contribution in [2.24, 2.45) is 11.8 Å². The minimum atomic E-state index is -0.0970. The van der Waals surface area contributed by atoms with Crippen LogP contribution in [0.5, 0.6) is 0 Å². The molecule has 1 heterocycles. The van der Waals surface area contributed by atoms with E-state index in [2.05, 4.69) is 10.6 Å². The van der Waals surface area contributed by atoms with Gasteiger partial charge in [0, 0.05) is 22.5 Å². The van der Waals surface area contributed by atoms with Crippen molar-refractivity contribution >= 4 is 29.1 Å². The van der Waals surface area contributed by atoms with E-state index in [0.717, 1.165) is 25.2 Å². The van der Waals surface area contributed by atoms with Crippen molar-refractivity contribution in [1.82, 2.24) is 10.6 Å². The molecule has 21 heavy (non-hydrogen) atoms. The maximum atomic E-state index is 12.2. The van der Waals surface area contributed by atoms with Crippen LogP contribution < -0.4 is 10.6 Å². The number of piperidine rings is 1.